The Bertz CT molecular complexity index is 201. The van der Waals surface area contributed by atoms with Gasteiger partial charge in [-0.1, -0.05) is 36.2 Å². The van der Waals surface area contributed by atoms with Crippen LogP contribution in [0.25, 0.3) is 0 Å². The predicted octanol–water partition coefficient (Wildman–Crippen LogP) is 3.66. The molecule has 0 saturated heterocycles. The molecule has 0 aliphatic heterocycles. The highest BCUT2D eigenvalue weighted by atomic mass is 35.5. The van der Waals surface area contributed by atoms with Gasteiger partial charge < -0.3 is 0 Å². The Kier molecular flexibility index (Phi) is 2.43. The van der Waals surface area contributed by atoms with Gasteiger partial charge in [-0.2, -0.15) is 0 Å². The average Bonchev–Trinajstić information content (AvgIpc) is 1.82. The minimum Gasteiger partial charge on any atom is -0.0875 e. The van der Waals surface area contributed by atoms with E-state index in [9.17, 15) is 0 Å². The topological polar surface area (TPSA) is 0 Å². The van der Waals surface area contributed by atoms with Crippen molar-refractivity contribution in [1.29, 1.82) is 0 Å². The van der Waals surface area contributed by atoms with Gasteiger partial charge in [-0.05, 0) is 24.8 Å². The van der Waals surface area contributed by atoms with Gasteiger partial charge >= 0.3 is 0 Å². The molecular weight excluding hydrogens is 167 g/mol. The first kappa shape index (κ1) is 8.16. The molecule has 0 fully saturated rings. The SMILES string of the molecule is CC1=CC(C)CC(Cl)=C1Cl. The summed E-state index contributed by atoms with van der Waals surface area (Å²) in [5.74, 6) is 0.537. The summed E-state index contributed by atoms with van der Waals surface area (Å²) in [6.07, 6.45) is 3.03. The maximum Gasteiger partial charge on any atom is 0.0577 e. The summed E-state index contributed by atoms with van der Waals surface area (Å²) in [5, 5.41) is 1.54. The highest BCUT2D eigenvalue weighted by Crippen LogP contribution is 2.32. The summed E-state index contributed by atoms with van der Waals surface area (Å²) >= 11 is 11.7. The molecule has 0 aromatic carbocycles. The third-order valence-corrected chi connectivity index (χ3v) is 2.59. The van der Waals surface area contributed by atoms with Gasteiger partial charge in [-0.15, -0.1) is 0 Å². The summed E-state index contributed by atoms with van der Waals surface area (Å²) in [4.78, 5) is 0. The van der Waals surface area contributed by atoms with Crippen LogP contribution in [0.1, 0.15) is 20.3 Å². The summed E-state index contributed by atoms with van der Waals surface area (Å²) < 4.78 is 0. The highest BCUT2D eigenvalue weighted by molar-refractivity contribution is 6.40. The van der Waals surface area contributed by atoms with Crippen molar-refractivity contribution in [2.24, 2.45) is 5.92 Å². The Morgan fingerprint density at radius 2 is 2.10 bits per heavy atom. The molecule has 0 radical (unpaired) electrons. The largest absolute Gasteiger partial charge is 0.0875 e. The molecule has 1 atom stereocenters. The molecule has 0 nitrogen and oxygen atoms in total. The van der Waals surface area contributed by atoms with Crippen molar-refractivity contribution in [3.05, 3.63) is 21.7 Å². The number of halogens is 2. The molecule has 10 heavy (non-hydrogen) atoms. The number of allylic oxidation sites excluding steroid dienone is 4. The summed E-state index contributed by atoms with van der Waals surface area (Å²) in [6.45, 7) is 4.12. The molecule has 1 rings (SSSR count). The van der Waals surface area contributed by atoms with Gasteiger partial charge in [-0.3, -0.25) is 0 Å². The number of rotatable bonds is 0. The van der Waals surface area contributed by atoms with E-state index in [0.29, 0.717) is 5.92 Å². The van der Waals surface area contributed by atoms with Gasteiger partial charge in [0.1, 0.15) is 0 Å². The van der Waals surface area contributed by atoms with E-state index in [1.54, 1.807) is 0 Å². The van der Waals surface area contributed by atoms with Crippen molar-refractivity contribution >= 4 is 23.2 Å². The average molecular weight is 177 g/mol. The van der Waals surface area contributed by atoms with Gasteiger partial charge in [0, 0.05) is 5.03 Å². The molecule has 2 heteroatoms. The summed E-state index contributed by atoms with van der Waals surface area (Å²) in [6, 6.07) is 0. The number of hydrogen-bond donors (Lipinski definition) is 0. The van der Waals surface area contributed by atoms with Crippen molar-refractivity contribution in [3.8, 4) is 0 Å². The van der Waals surface area contributed by atoms with E-state index in [4.69, 9.17) is 23.2 Å². The van der Waals surface area contributed by atoms with Crippen LogP contribution in [-0.2, 0) is 0 Å². The van der Waals surface area contributed by atoms with Crippen LogP contribution in [0.4, 0.5) is 0 Å². The molecule has 0 saturated carbocycles. The number of hydrogen-bond acceptors (Lipinski definition) is 0. The molecule has 56 valence electrons. The van der Waals surface area contributed by atoms with Gasteiger partial charge in [0.05, 0.1) is 5.03 Å². The molecule has 1 aliphatic carbocycles. The lowest BCUT2D eigenvalue weighted by Crippen LogP contribution is -1.99. The fraction of sp³-hybridized carbons (Fsp3) is 0.500. The maximum atomic E-state index is 5.86. The van der Waals surface area contributed by atoms with Crippen LogP contribution in [0.3, 0.4) is 0 Å². The molecule has 0 bridgehead atoms. The van der Waals surface area contributed by atoms with Crippen LogP contribution in [0.15, 0.2) is 21.7 Å². The third-order valence-electron chi connectivity index (χ3n) is 1.62. The van der Waals surface area contributed by atoms with Gasteiger partial charge in [-0.25, -0.2) is 0 Å². The second-order valence-electron chi connectivity index (χ2n) is 2.75. The minimum absolute atomic E-state index is 0.537. The summed E-state index contributed by atoms with van der Waals surface area (Å²) in [5.41, 5.74) is 1.10. The Morgan fingerprint density at radius 1 is 1.50 bits per heavy atom. The molecule has 1 unspecified atom stereocenters. The first-order valence-corrected chi connectivity index (χ1v) is 4.10. The lowest BCUT2D eigenvalue weighted by molar-refractivity contribution is 0.718. The van der Waals surface area contributed by atoms with Gasteiger partial charge in [0.25, 0.3) is 0 Å². The van der Waals surface area contributed by atoms with E-state index >= 15 is 0 Å². The van der Waals surface area contributed by atoms with E-state index in [1.165, 1.54) is 0 Å². The van der Waals surface area contributed by atoms with Crippen molar-refractivity contribution in [2.45, 2.75) is 20.3 Å². The first-order valence-electron chi connectivity index (χ1n) is 3.34. The van der Waals surface area contributed by atoms with E-state index in [2.05, 4.69) is 13.0 Å². The van der Waals surface area contributed by atoms with Crippen LogP contribution in [0, 0.1) is 5.92 Å². The fourth-order valence-corrected chi connectivity index (χ4v) is 1.68. The van der Waals surface area contributed by atoms with E-state index in [1.807, 2.05) is 6.92 Å². The van der Waals surface area contributed by atoms with Crippen molar-refractivity contribution in [1.82, 2.24) is 0 Å². The lowest BCUT2D eigenvalue weighted by Gasteiger charge is -2.15. The molecule has 1 aliphatic rings. The molecule has 0 amide bonds. The van der Waals surface area contributed by atoms with E-state index < -0.39 is 0 Å². The highest BCUT2D eigenvalue weighted by Gasteiger charge is 2.13. The first-order chi connectivity index (χ1) is 4.61. The van der Waals surface area contributed by atoms with E-state index in [-0.39, 0.29) is 0 Å². The van der Waals surface area contributed by atoms with Gasteiger partial charge in [0.15, 0.2) is 0 Å². The van der Waals surface area contributed by atoms with Crippen LogP contribution in [0.5, 0.6) is 0 Å². The zero-order valence-corrected chi connectivity index (χ0v) is 7.63. The molecule has 0 spiro atoms. The normalized spacial score (nSPS) is 26.8. The van der Waals surface area contributed by atoms with Crippen LogP contribution < -0.4 is 0 Å². The molecule has 0 N–H and O–H groups in total. The zero-order chi connectivity index (χ0) is 7.72. The molecular formula is C8H10Cl2. The monoisotopic (exact) mass is 176 g/mol. The Balaban J connectivity index is 2.90. The zero-order valence-electron chi connectivity index (χ0n) is 6.12. The predicted molar refractivity (Wildman–Crippen MR) is 46.3 cm³/mol. The lowest BCUT2D eigenvalue weighted by atomic mass is 9.99. The maximum absolute atomic E-state index is 5.86. The molecule has 0 aromatic heterocycles. The van der Waals surface area contributed by atoms with Crippen LogP contribution >= 0.6 is 23.2 Å². The minimum atomic E-state index is 0.537. The Morgan fingerprint density at radius 3 is 2.60 bits per heavy atom. The van der Waals surface area contributed by atoms with Crippen molar-refractivity contribution in [2.75, 3.05) is 0 Å². The smallest absolute Gasteiger partial charge is 0.0577 e. The van der Waals surface area contributed by atoms with E-state index in [0.717, 1.165) is 22.1 Å². The Hall–Kier alpha value is 0.0600. The van der Waals surface area contributed by atoms with Crippen molar-refractivity contribution in [3.63, 3.8) is 0 Å². The molecule has 0 heterocycles. The van der Waals surface area contributed by atoms with Gasteiger partial charge in [0.2, 0.25) is 0 Å². The second-order valence-corrected chi connectivity index (χ2v) is 3.58. The van der Waals surface area contributed by atoms with Crippen LogP contribution in [-0.4, -0.2) is 0 Å². The van der Waals surface area contributed by atoms with Crippen molar-refractivity contribution < 1.29 is 0 Å². The second kappa shape index (κ2) is 2.98. The van der Waals surface area contributed by atoms with Crippen LogP contribution in [0.2, 0.25) is 0 Å². The molecule has 0 aromatic rings. The quantitative estimate of drug-likeness (QED) is 0.529. The Labute approximate surface area is 71.5 Å². The summed E-state index contributed by atoms with van der Waals surface area (Å²) in [7, 11) is 0. The standard InChI is InChI=1S/C8H10Cl2/c1-5-3-6(2)8(10)7(9)4-5/h3,5H,4H2,1-2H3. The fourth-order valence-electron chi connectivity index (χ4n) is 1.15. The third kappa shape index (κ3) is 1.56.